The van der Waals surface area contributed by atoms with E-state index in [4.69, 9.17) is 0 Å². The van der Waals surface area contributed by atoms with Crippen molar-refractivity contribution in [1.29, 1.82) is 0 Å². The maximum absolute atomic E-state index is 12.9. The van der Waals surface area contributed by atoms with Gasteiger partial charge in [-0.1, -0.05) is 6.07 Å². The van der Waals surface area contributed by atoms with Crippen molar-refractivity contribution in [3.8, 4) is 0 Å². The molecule has 156 valence electrons. The van der Waals surface area contributed by atoms with Gasteiger partial charge in [0.05, 0.1) is 17.3 Å². The Labute approximate surface area is 175 Å². The Kier molecular flexibility index (Phi) is 3.59. The first-order chi connectivity index (χ1) is 14.3. The van der Waals surface area contributed by atoms with E-state index in [9.17, 15) is 9.90 Å². The van der Waals surface area contributed by atoms with Crippen molar-refractivity contribution in [3.63, 3.8) is 0 Å². The van der Waals surface area contributed by atoms with Crippen molar-refractivity contribution in [2.24, 2.45) is 23.9 Å². The van der Waals surface area contributed by atoms with Gasteiger partial charge in [-0.2, -0.15) is 5.10 Å². The molecular weight excluding hydrogens is 378 g/mol. The van der Waals surface area contributed by atoms with Crippen LogP contribution in [0, 0.1) is 11.8 Å². The van der Waals surface area contributed by atoms with Crippen LogP contribution in [-0.2, 0) is 11.8 Å². The summed E-state index contributed by atoms with van der Waals surface area (Å²) in [5, 5.41) is 20.0. The zero-order valence-corrected chi connectivity index (χ0v) is 17.4. The first-order valence-electron chi connectivity index (χ1n) is 10.8. The Morgan fingerprint density at radius 1 is 1.20 bits per heavy atom. The van der Waals surface area contributed by atoms with Gasteiger partial charge in [-0.25, -0.2) is 4.99 Å². The highest BCUT2D eigenvalue weighted by Crippen LogP contribution is 2.57. The summed E-state index contributed by atoms with van der Waals surface area (Å²) in [5.74, 6) is 1.66. The number of aliphatic imine (C=N–C) groups is 1. The van der Waals surface area contributed by atoms with Crippen LogP contribution in [-0.4, -0.2) is 49.8 Å². The highest BCUT2D eigenvalue weighted by molar-refractivity contribution is 6.13. The molecule has 0 saturated heterocycles. The lowest BCUT2D eigenvalue weighted by Crippen LogP contribution is -2.66. The molecule has 2 N–H and O–H groups in total. The molecule has 0 radical (unpaired) electrons. The summed E-state index contributed by atoms with van der Waals surface area (Å²) in [4.78, 5) is 19.2. The second-order valence-corrected chi connectivity index (χ2v) is 10.0. The summed E-state index contributed by atoms with van der Waals surface area (Å²) in [6.45, 7) is 0. The van der Waals surface area contributed by atoms with Gasteiger partial charge in [0.2, 0.25) is 5.96 Å². The summed E-state index contributed by atoms with van der Waals surface area (Å²) >= 11 is 0. The Hall–Kier alpha value is -2.67. The molecule has 7 heteroatoms. The molecule has 1 aliphatic heterocycles. The number of hydrogen-bond donors (Lipinski definition) is 2. The minimum Gasteiger partial charge on any atom is -0.390 e. The van der Waals surface area contributed by atoms with Crippen molar-refractivity contribution < 1.29 is 9.90 Å². The van der Waals surface area contributed by atoms with Crippen LogP contribution in [0.2, 0.25) is 0 Å². The Morgan fingerprint density at radius 3 is 2.70 bits per heavy atom. The number of guanidine groups is 1. The van der Waals surface area contributed by atoms with Gasteiger partial charge < -0.3 is 10.4 Å². The Balaban J connectivity index is 1.30. The van der Waals surface area contributed by atoms with E-state index in [1.54, 1.807) is 11.9 Å². The molecule has 0 spiro atoms. The van der Waals surface area contributed by atoms with Crippen LogP contribution >= 0.6 is 0 Å². The lowest BCUT2D eigenvalue weighted by molar-refractivity contribution is -0.138. The van der Waals surface area contributed by atoms with E-state index in [1.807, 2.05) is 42.2 Å². The van der Waals surface area contributed by atoms with Crippen LogP contribution in [0.4, 0.5) is 0 Å². The van der Waals surface area contributed by atoms with Crippen LogP contribution in [0.3, 0.4) is 0 Å². The molecule has 5 aliphatic rings. The fourth-order valence-electron chi connectivity index (χ4n) is 6.74. The molecule has 7 nitrogen and oxygen atoms in total. The van der Waals surface area contributed by atoms with Gasteiger partial charge in [0, 0.05) is 25.0 Å². The molecule has 2 unspecified atom stereocenters. The first-order valence-corrected chi connectivity index (χ1v) is 10.8. The number of benzene rings is 1. The largest absolute Gasteiger partial charge is 0.390 e. The summed E-state index contributed by atoms with van der Waals surface area (Å²) < 4.78 is 1.83. The number of carbonyl (C=O) groups excluding carboxylic acids is 1. The molecule has 4 bridgehead atoms. The first kappa shape index (κ1) is 18.1. The maximum atomic E-state index is 12.9. The normalized spacial score (nSPS) is 36.2. The molecule has 4 aliphatic carbocycles. The van der Waals surface area contributed by atoms with E-state index in [2.05, 4.69) is 15.4 Å². The predicted molar refractivity (Wildman–Crippen MR) is 114 cm³/mol. The second-order valence-electron chi connectivity index (χ2n) is 10.0. The smallest absolute Gasteiger partial charge is 0.279 e. The number of hydrogen-bond acceptors (Lipinski definition) is 5. The number of aryl methyl sites for hydroxylation is 1. The SMILES string of the molecule is CN1C(=O)/C(=C/c2ccc3c(cnn3C)c2)N=C1NC12CC3CC(CC(O)(C3)C1)C2. The van der Waals surface area contributed by atoms with Crippen LogP contribution in [0.25, 0.3) is 17.0 Å². The van der Waals surface area contributed by atoms with Gasteiger partial charge in [0.25, 0.3) is 5.91 Å². The number of amides is 1. The van der Waals surface area contributed by atoms with E-state index in [0.29, 0.717) is 23.5 Å². The topological polar surface area (TPSA) is 82.8 Å². The molecule has 2 aromatic rings. The molecule has 2 atom stereocenters. The van der Waals surface area contributed by atoms with Gasteiger partial charge >= 0.3 is 0 Å². The summed E-state index contributed by atoms with van der Waals surface area (Å²) in [6.07, 6.45) is 9.63. The molecule has 7 rings (SSSR count). The van der Waals surface area contributed by atoms with E-state index in [-0.39, 0.29) is 11.4 Å². The average molecular weight is 406 g/mol. The van der Waals surface area contributed by atoms with Crippen LogP contribution in [0.1, 0.15) is 44.1 Å². The third-order valence-corrected chi connectivity index (χ3v) is 7.55. The quantitative estimate of drug-likeness (QED) is 0.752. The lowest BCUT2D eigenvalue weighted by Gasteiger charge is -2.60. The van der Waals surface area contributed by atoms with Crippen LogP contribution < -0.4 is 5.32 Å². The zero-order valence-electron chi connectivity index (χ0n) is 17.4. The Morgan fingerprint density at radius 2 is 1.97 bits per heavy atom. The van der Waals surface area contributed by atoms with Gasteiger partial charge in [0.1, 0.15) is 5.70 Å². The summed E-state index contributed by atoms with van der Waals surface area (Å²) in [7, 11) is 3.69. The van der Waals surface area contributed by atoms with Gasteiger partial charge in [-0.3, -0.25) is 14.4 Å². The number of carbonyl (C=O) groups is 1. The van der Waals surface area contributed by atoms with E-state index in [1.165, 1.54) is 6.42 Å². The second kappa shape index (κ2) is 5.94. The van der Waals surface area contributed by atoms with Crippen molar-refractivity contribution in [1.82, 2.24) is 20.0 Å². The number of fused-ring (bicyclic) bond motifs is 1. The molecule has 1 amide bonds. The molecule has 1 aromatic carbocycles. The van der Waals surface area contributed by atoms with E-state index >= 15 is 0 Å². The number of likely N-dealkylation sites (N-methyl/N-ethyl adjacent to an activating group) is 1. The molecule has 30 heavy (non-hydrogen) atoms. The van der Waals surface area contributed by atoms with Crippen LogP contribution in [0.5, 0.6) is 0 Å². The molecule has 4 fully saturated rings. The summed E-state index contributed by atoms with van der Waals surface area (Å²) in [5.41, 5.74) is 1.73. The maximum Gasteiger partial charge on any atom is 0.279 e. The number of rotatable bonds is 2. The Bertz CT molecular complexity index is 1120. The number of nitrogens with zero attached hydrogens (tertiary/aromatic N) is 4. The molecule has 1 aromatic heterocycles. The highest BCUT2D eigenvalue weighted by atomic mass is 16.3. The fraction of sp³-hybridized carbons (Fsp3) is 0.522. The van der Waals surface area contributed by atoms with Crippen molar-refractivity contribution in [2.45, 2.75) is 49.7 Å². The van der Waals surface area contributed by atoms with Gasteiger partial charge in [-0.05, 0) is 74.1 Å². The number of aliphatic hydroxyl groups is 1. The zero-order chi connectivity index (χ0) is 20.7. The van der Waals surface area contributed by atoms with Gasteiger partial charge in [0.15, 0.2) is 0 Å². The third kappa shape index (κ3) is 2.71. The monoisotopic (exact) mass is 405 g/mol. The van der Waals surface area contributed by atoms with Crippen molar-refractivity contribution >= 4 is 28.8 Å². The van der Waals surface area contributed by atoms with Crippen molar-refractivity contribution in [3.05, 3.63) is 35.7 Å². The third-order valence-electron chi connectivity index (χ3n) is 7.55. The molecule has 2 heterocycles. The average Bonchev–Trinajstić information content (AvgIpc) is 3.15. The number of aromatic nitrogens is 2. The predicted octanol–water partition coefficient (Wildman–Crippen LogP) is 2.42. The van der Waals surface area contributed by atoms with Crippen molar-refractivity contribution in [2.75, 3.05) is 7.05 Å². The summed E-state index contributed by atoms with van der Waals surface area (Å²) in [6, 6.07) is 6.02. The number of nitrogens with one attached hydrogen (secondary N) is 1. The van der Waals surface area contributed by atoms with Crippen LogP contribution in [0.15, 0.2) is 35.1 Å². The minimum absolute atomic E-state index is 0.104. The standard InChI is InChI=1S/C23H27N5O2/c1-27-20(29)18(7-14-3-4-19-17(6-14)12-24-28(19)2)25-21(27)26-22-8-15-5-16(9-22)11-23(30,10-15)13-22/h3-4,6-7,12,15-16,30H,5,8-11,13H2,1-2H3,(H,25,26)/b18-7-. The van der Waals surface area contributed by atoms with E-state index in [0.717, 1.165) is 48.6 Å². The minimum atomic E-state index is -0.545. The van der Waals surface area contributed by atoms with E-state index < -0.39 is 5.60 Å². The molecular formula is C23H27N5O2. The fourth-order valence-corrected chi connectivity index (χ4v) is 6.74. The highest BCUT2D eigenvalue weighted by Gasteiger charge is 2.58. The molecule has 4 saturated carbocycles. The lowest BCUT2D eigenvalue weighted by atomic mass is 9.51. The van der Waals surface area contributed by atoms with Gasteiger partial charge in [-0.15, -0.1) is 0 Å².